The molecule has 0 spiro atoms. The van der Waals surface area contributed by atoms with Crippen molar-refractivity contribution >= 4 is 8.25 Å². The van der Waals surface area contributed by atoms with E-state index >= 15 is 0 Å². The van der Waals surface area contributed by atoms with Crippen LogP contribution >= 0.6 is 8.25 Å². The van der Waals surface area contributed by atoms with E-state index in [1.54, 1.807) is 0 Å². The number of benzene rings is 4. The SMILES string of the molecule is Cc1ccc(C(O[PH](=O)OC(c2ccccc2)c2ccc(C)c(C)c2)c2ccccc2)cc1C. The maximum absolute atomic E-state index is 13.4. The van der Waals surface area contributed by atoms with Gasteiger partial charge in [0.15, 0.2) is 0 Å². The van der Waals surface area contributed by atoms with Crippen molar-refractivity contribution in [2.45, 2.75) is 39.9 Å². The maximum Gasteiger partial charge on any atom is 0.320 e. The summed E-state index contributed by atoms with van der Waals surface area (Å²) in [6.07, 6.45) is -0.967. The Morgan fingerprint density at radius 3 is 1.24 bits per heavy atom. The van der Waals surface area contributed by atoms with E-state index in [9.17, 15) is 4.57 Å². The van der Waals surface area contributed by atoms with Crippen molar-refractivity contribution in [3.8, 4) is 0 Å². The lowest BCUT2D eigenvalue weighted by atomic mass is 9.98. The molecule has 0 saturated heterocycles. The molecule has 0 aliphatic heterocycles. The molecule has 0 N–H and O–H groups in total. The summed E-state index contributed by atoms with van der Waals surface area (Å²) in [5.41, 5.74) is 8.54. The standard InChI is InChI=1S/C30H31O3P/c1-21-15-17-27(19-23(21)3)29(25-11-7-5-8-12-25)32-34(31)33-30(26-13-9-6-10-14-26)28-18-16-22(2)24(4)20-28/h5-20,29-30,34H,1-4H3. The summed E-state index contributed by atoms with van der Waals surface area (Å²) >= 11 is 0. The molecule has 4 aromatic carbocycles. The third-order valence-corrected chi connectivity index (χ3v) is 7.16. The Balaban J connectivity index is 1.65. The van der Waals surface area contributed by atoms with Crippen molar-refractivity contribution in [3.05, 3.63) is 142 Å². The highest BCUT2D eigenvalue weighted by Crippen LogP contribution is 2.43. The monoisotopic (exact) mass is 470 g/mol. The van der Waals surface area contributed by atoms with Crippen molar-refractivity contribution in [2.24, 2.45) is 0 Å². The molecule has 0 aliphatic carbocycles. The largest absolute Gasteiger partial charge is 0.320 e. The van der Waals surface area contributed by atoms with Crippen LogP contribution in [0.4, 0.5) is 0 Å². The molecule has 0 radical (unpaired) electrons. The summed E-state index contributed by atoms with van der Waals surface area (Å²) in [5, 5.41) is 0. The molecule has 0 aliphatic rings. The van der Waals surface area contributed by atoms with Gasteiger partial charge in [-0.25, -0.2) is 0 Å². The fraction of sp³-hybridized carbons (Fsp3) is 0.200. The van der Waals surface area contributed by atoms with Gasteiger partial charge in [0.1, 0.15) is 12.2 Å². The number of hydrogen-bond acceptors (Lipinski definition) is 3. The fourth-order valence-electron chi connectivity index (χ4n) is 3.99. The van der Waals surface area contributed by atoms with Crippen LogP contribution in [0.3, 0.4) is 0 Å². The van der Waals surface area contributed by atoms with E-state index in [0.29, 0.717) is 0 Å². The molecule has 0 bridgehead atoms. The first-order valence-electron chi connectivity index (χ1n) is 11.5. The molecule has 4 heteroatoms. The van der Waals surface area contributed by atoms with Crippen LogP contribution in [0.5, 0.6) is 0 Å². The van der Waals surface area contributed by atoms with Crippen molar-refractivity contribution in [2.75, 3.05) is 0 Å². The molecule has 2 unspecified atom stereocenters. The maximum atomic E-state index is 13.4. The number of rotatable bonds is 8. The third kappa shape index (κ3) is 5.74. The predicted molar refractivity (Wildman–Crippen MR) is 140 cm³/mol. The Bertz CT molecular complexity index is 1170. The second-order valence-electron chi connectivity index (χ2n) is 8.75. The molecule has 2 atom stereocenters. The Morgan fingerprint density at radius 1 is 0.500 bits per heavy atom. The zero-order valence-electron chi connectivity index (χ0n) is 20.1. The van der Waals surface area contributed by atoms with Crippen LogP contribution in [-0.4, -0.2) is 0 Å². The first-order valence-corrected chi connectivity index (χ1v) is 12.8. The quantitative estimate of drug-likeness (QED) is 0.243. The molecule has 3 nitrogen and oxygen atoms in total. The van der Waals surface area contributed by atoms with Gasteiger partial charge in [-0.2, -0.15) is 0 Å². The van der Waals surface area contributed by atoms with Crippen LogP contribution in [-0.2, 0) is 13.6 Å². The van der Waals surface area contributed by atoms with Gasteiger partial charge in [0.25, 0.3) is 0 Å². The van der Waals surface area contributed by atoms with E-state index in [4.69, 9.17) is 9.05 Å². The second kappa shape index (κ2) is 11.0. The smallest absolute Gasteiger partial charge is 0.298 e. The minimum atomic E-state index is -2.87. The Hall–Kier alpha value is -2.97. The van der Waals surface area contributed by atoms with Gasteiger partial charge in [-0.15, -0.1) is 0 Å². The highest BCUT2D eigenvalue weighted by Gasteiger charge is 2.23. The zero-order valence-corrected chi connectivity index (χ0v) is 21.1. The predicted octanol–water partition coefficient (Wildman–Crippen LogP) is 8.22. The van der Waals surface area contributed by atoms with E-state index < -0.39 is 20.5 Å². The molecule has 174 valence electrons. The van der Waals surface area contributed by atoms with Gasteiger partial charge in [-0.1, -0.05) is 97.1 Å². The van der Waals surface area contributed by atoms with E-state index in [-0.39, 0.29) is 0 Å². The highest BCUT2D eigenvalue weighted by atomic mass is 31.1. The van der Waals surface area contributed by atoms with E-state index in [2.05, 4.69) is 52.0 Å². The van der Waals surface area contributed by atoms with Gasteiger partial charge >= 0.3 is 8.25 Å². The summed E-state index contributed by atoms with van der Waals surface area (Å²) in [6.45, 7) is 8.31. The van der Waals surface area contributed by atoms with Crippen molar-refractivity contribution in [1.29, 1.82) is 0 Å². The molecule has 0 saturated carbocycles. The topological polar surface area (TPSA) is 35.5 Å². The minimum absolute atomic E-state index is 0.483. The summed E-state index contributed by atoms with van der Waals surface area (Å²) in [4.78, 5) is 0. The molecule has 0 aromatic heterocycles. The van der Waals surface area contributed by atoms with Crippen LogP contribution in [0, 0.1) is 27.7 Å². The zero-order chi connectivity index (χ0) is 24.1. The number of aryl methyl sites for hydroxylation is 4. The van der Waals surface area contributed by atoms with Gasteiger partial charge in [0, 0.05) is 0 Å². The van der Waals surface area contributed by atoms with Crippen LogP contribution in [0.2, 0.25) is 0 Å². The normalized spacial score (nSPS) is 13.9. The van der Waals surface area contributed by atoms with Crippen LogP contribution in [0.15, 0.2) is 97.1 Å². The van der Waals surface area contributed by atoms with Gasteiger partial charge in [-0.05, 0) is 72.2 Å². The molecule has 4 aromatic rings. The van der Waals surface area contributed by atoms with Crippen LogP contribution < -0.4 is 0 Å². The molecular weight excluding hydrogens is 439 g/mol. The van der Waals surface area contributed by atoms with Gasteiger partial charge in [-0.3, -0.25) is 13.6 Å². The van der Waals surface area contributed by atoms with Gasteiger partial charge in [0.2, 0.25) is 0 Å². The van der Waals surface area contributed by atoms with E-state index in [0.717, 1.165) is 22.3 Å². The number of hydrogen-bond donors (Lipinski definition) is 0. The molecule has 0 amide bonds. The Labute approximate surface area is 203 Å². The van der Waals surface area contributed by atoms with Gasteiger partial charge in [0.05, 0.1) is 0 Å². The molecule has 0 fully saturated rings. The first kappa shape index (κ1) is 24.2. The lowest BCUT2D eigenvalue weighted by Crippen LogP contribution is -2.07. The Morgan fingerprint density at radius 2 is 0.882 bits per heavy atom. The third-order valence-electron chi connectivity index (χ3n) is 6.30. The first-order chi connectivity index (χ1) is 16.4. The van der Waals surface area contributed by atoms with Crippen LogP contribution in [0.1, 0.15) is 56.7 Å². The minimum Gasteiger partial charge on any atom is -0.298 e. The summed E-state index contributed by atoms with van der Waals surface area (Å²) < 4.78 is 25.7. The van der Waals surface area contributed by atoms with Crippen molar-refractivity contribution in [3.63, 3.8) is 0 Å². The molecule has 4 rings (SSSR count). The lowest BCUT2D eigenvalue weighted by Gasteiger charge is -2.23. The van der Waals surface area contributed by atoms with Crippen molar-refractivity contribution in [1.82, 2.24) is 0 Å². The van der Waals surface area contributed by atoms with Crippen molar-refractivity contribution < 1.29 is 13.6 Å². The molecular formula is C30H31O3P. The van der Waals surface area contributed by atoms with Crippen LogP contribution in [0.25, 0.3) is 0 Å². The second-order valence-corrected chi connectivity index (χ2v) is 9.73. The molecule has 34 heavy (non-hydrogen) atoms. The highest BCUT2D eigenvalue weighted by molar-refractivity contribution is 7.33. The van der Waals surface area contributed by atoms with E-state index in [1.807, 2.05) is 72.8 Å². The van der Waals surface area contributed by atoms with Gasteiger partial charge < -0.3 is 0 Å². The Kier molecular flexibility index (Phi) is 7.80. The average Bonchev–Trinajstić information content (AvgIpc) is 2.86. The summed E-state index contributed by atoms with van der Waals surface area (Å²) in [7, 11) is -2.87. The average molecular weight is 471 g/mol. The molecule has 0 heterocycles. The summed E-state index contributed by atoms with van der Waals surface area (Å²) in [6, 6.07) is 32.2. The lowest BCUT2D eigenvalue weighted by molar-refractivity contribution is 0.163. The fourth-order valence-corrected chi connectivity index (χ4v) is 4.97. The summed E-state index contributed by atoms with van der Waals surface area (Å²) in [5.74, 6) is 0. The van der Waals surface area contributed by atoms with E-state index in [1.165, 1.54) is 22.3 Å².